The Hall–Kier alpha value is -2.64. The van der Waals surface area contributed by atoms with Crippen LogP contribution in [-0.2, 0) is 18.4 Å². The molecule has 22 heavy (non-hydrogen) atoms. The minimum atomic E-state index is -1.06. The molecule has 0 saturated heterocycles. The maximum Gasteiger partial charge on any atom is 0.354 e. The molecule has 1 atom stereocenters. The Morgan fingerprint density at radius 1 is 1.41 bits per heavy atom. The van der Waals surface area contributed by atoms with Crippen LogP contribution in [0.3, 0.4) is 0 Å². The topological polar surface area (TPSA) is 102 Å². The third-order valence-corrected chi connectivity index (χ3v) is 3.60. The van der Waals surface area contributed by atoms with Gasteiger partial charge in [0.1, 0.15) is 5.69 Å². The van der Waals surface area contributed by atoms with Crippen LogP contribution in [-0.4, -0.2) is 36.5 Å². The maximum absolute atomic E-state index is 12.0. The number of hydrogen-bond donors (Lipinski definition) is 2. The number of nitrogens with zero attached hydrogens (tertiary/aromatic N) is 4. The van der Waals surface area contributed by atoms with E-state index in [0.717, 1.165) is 11.3 Å². The summed E-state index contributed by atoms with van der Waals surface area (Å²) in [6, 6.07) is 1.25. The van der Waals surface area contributed by atoms with Crippen LogP contribution >= 0.6 is 0 Å². The molecule has 0 aliphatic rings. The summed E-state index contributed by atoms with van der Waals surface area (Å²) in [5.74, 6) is -1.22. The van der Waals surface area contributed by atoms with Crippen LogP contribution < -0.4 is 5.32 Å². The smallest absolute Gasteiger partial charge is 0.354 e. The summed E-state index contributed by atoms with van der Waals surface area (Å²) in [6.07, 6.45) is 3.30. The quantitative estimate of drug-likeness (QED) is 0.825. The minimum absolute atomic E-state index is 0.0731. The number of amides is 1. The lowest BCUT2D eigenvalue weighted by Crippen LogP contribution is -2.28. The van der Waals surface area contributed by atoms with E-state index in [0.29, 0.717) is 0 Å². The third kappa shape index (κ3) is 3.33. The highest BCUT2D eigenvalue weighted by Gasteiger charge is 2.16. The predicted octanol–water partition coefficient (Wildman–Crippen LogP) is 0.891. The van der Waals surface area contributed by atoms with E-state index in [2.05, 4.69) is 15.5 Å². The first-order valence-electron chi connectivity index (χ1n) is 6.93. The highest BCUT2D eigenvalue weighted by Crippen LogP contribution is 2.16. The molecule has 0 radical (unpaired) electrons. The van der Waals surface area contributed by atoms with E-state index in [1.807, 2.05) is 20.9 Å². The molecule has 0 aliphatic carbocycles. The van der Waals surface area contributed by atoms with Crippen molar-refractivity contribution in [3.8, 4) is 0 Å². The molecule has 0 saturated carbocycles. The van der Waals surface area contributed by atoms with Gasteiger partial charge in [-0.1, -0.05) is 0 Å². The van der Waals surface area contributed by atoms with Gasteiger partial charge in [0.15, 0.2) is 0 Å². The van der Waals surface area contributed by atoms with E-state index >= 15 is 0 Å². The minimum Gasteiger partial charge on any atom is -0.477 e. The zero-order valence-electron chi connectivity index (χ0n) is 12.8. The van der Waals surface area contributed by atoms with Gasteiger partial charge >= 0.3 is 5.97 Å². The number of aryl methyl sites for hydroxylation is 2. The Morgan fingerprint density at radius 2 is 2.14 bits per heavy atom. The molecule has 2 aromatic rings. The fourth-order valence-electron chi connectivity index (χ4n) is 2.23. The molecule has 2 aromatic heterocycles. The van der Waals surface area contributed by atoms with E-state index in [-0.39, 0.29) is 30.6 Å². The van der Waals surface area contributed by atoms with E-state index in [4.69, 9.17) is 5.11 Å². The van der Waals surface area contributed by atoms with Crippen molar-refractivity contribution in [3.05, 3.63) is 35.4 Å². The Morgan fingerprint density at radius 3 is 2.73 bits per heavy atom. The largest absolute Gasteiger partial charge is 0.477 e. The van der Waals surface area contributed by atoms with Gasteiger partial charge in [-0.25, -0.2) is 4.79 Å². The van der Waals surface area contributed by atoms with Crippen molar-refractivity contribution in [1.82, 2.24) is 24.9 Å². The predicted molar refractivity (Wildman–Crippen MR) is 78.3 cm³/mol. The molecule has 0 aromatic carbocycles. The van der Waals surface area contributed by atoms with Crippen LogP contribution in [0.4, 0.5) is 0 Å². The molecule has 8 nitrogen and oxygen atoms in total. The molecule has 1 amide bonds. The van der Waals surface area contributed by atoms with E-state index < -0.39 is 5.97 Å². The lowest BCUT2D eigenvalue weighted by molar-refractivity contribution is -0.122. The second kappa shape index (κ2) is 6.42. The zero-order chi connectivity index (χ0) is 16.3. The standard InChI is InChI=1S/C14H19N5O3/c1-9(11-8-16-18(3)10(11)2)17-13(20)5-7-19-12(14(21)22)4-6-15-19/h4,6,8-9H,5,7H2,1-3H3,(H,17,20)(H,21,22). The van der Waals surface area contributed by atoms with Crippen molar-refractivity contribution in [2.24, 2.45) is 7.05 Å². The van der Waals surface area contributed by atoms with Gasteiger partial charge in [0.2, 0.25) is 5.91 Å². The van der Waals surface area contributed by atoms with Crippen LogP contribution in [0.2, 0.25) is 0 Å². The molecule has 2 heterocycles. The number of carboxylic acid groups (broad SMARTS) is 1. The number of carbonyl (C=O) groups is 2. The number of rotatable bonds is 6. The van der Waals surface area contributed by atoms with Gasteiger partial charge < -0.3 is 10.4 Å². The second-order valence-electron chi connectivity index (χ2n) is 5.09. The van der Waals surface area contributed by atoms with Crippen LogP contribution in [0, 0.1) is 6.92 Å². The van der Waals surface area contributed by atoms with E-state index in [9.17, 15) is 9.59 Å². The van der Waals surface area contributed by atoms with Crippen LogP contribution in [0.15, 0.2) is 18.5 Å². The molecule has 118 valence electrons. The van der Waals surface area contributed by atoms with Crippen molar-refractivity contribution in [2.45, 2.75) is 32.9 Å². The van der Waals surface area contributed by atoms with Crippen molar-refractivity contribution in [2.75, 3.05) is 0 Å². The van der Waals surface area contributed by atoms with Gasteiger partial charge in [-0.2, -0.15) is 10.2 Å². The Balaban J connectivity index is 1.92. The highest BCUT2D eigenvalue weighted by molar-refractivity contribution is 5.85. The van der Waals surface area contributed by atoms with E-state index in [1.54, 1.807) is 10.9 Å². The molecule has 2 N–H and O–H groups in total. The molecule has 1 unspecified atom stereocenters. The summed E-state index contributed by atoms with van der Waals surface area (Å²) in [4.78, 5) is 23.0. The molecule has 0 spiro atoms. The Bertz CT molecular complexity index is 688. The van der Waals surface area contributed by atoms with Gasteiger partial charge in [-0.05, 0) is 19.9 Å². The van der Waals surface area contributed by atoms with Crippen molar-refractivity contribution in [3.63, 3.8) is 0 Å². The van der Waals surface area contributed by atoms with Crippen LogP contribution in [0.5, 0.6) is 0 Å². The zero-order valence-corrected chi connectivity index (χ0v) is 12.8. The summed E-state index contributed by atoms with van der Waals surface area (Å²) >= 11 is 0. The molecule has 0 aliphatic heterocycles. The average molecular weight is 305 g/mol. The molecular formula is C14H19N5O3. The summed E-state index contributed by atoms with van der Waals surface area (Å²) < 4.78 is 3.06. The fourth-order valence-corrected chi connectivity index (χ4v) is 2.23. The Labute approximate surface area is 127 Å². The SMILES string of the molecule is Cc1c(C(C)NC(=O)CCn2nccc2C(=O)O)cnn1C. The van der Waals surface area contributed by atoms with Crippen LogP contribution in [0.1, 0.15) is 41.1 Å². The number of aromatic carboxylic acids is 1. The number of aromatic nitrogens is 4. The summed E-state index contributed by atoms with van der Waals surface area (Å²) in [6.45, 7) is 4.05. The van der Waals surface area contributed by atoms with Crippen molar-refractivity contribution >= 4 is 11.9 Å². The summed E-state index contributed by atoms with van der Waals surface area (Å²) in [5.41, 5.74) is 2.03. The first-order chi connectivity index (χ1) is 10.4. The highest BCUT2D eigenvalue weighted by atomic mass is 16.4. The van der Waals surface area contributed by atoms with Gasteiger partial charge in [-0.15, -0.1) is 0 Å². The average Bonchev–Trinajstić information content (AvgIpc) is 3.04. The Kier molecular flexibility index (Phi) is 4.59. The second-order valence-corrected chi connectivity index (χ2v) is 5.09. The summed E-state index contributed by atoms with van der Waals surface area (Å²) in [5, 5.41) is 19.9. The monoisotopic (exact) mass is 305 g/mol. The van der Waals surface area contributed by atoms with Gasteiger partial charge in [0.05, 0.1) is 18.8 Å². The normalized spacial score (nSPS) is 12.1. The molecule has 0 fully saturated rings. The third-order valence-electron chi connectivity index (χ3n) is 3.60. The van der Waals surface area contributed by atoms with E-state index in [1.165, 1.54) is 16.9 Å². The number of nitrogens with one attached hydrogen (secondary N) is 1. The lowest BCUT2D eigenvalue weighted by atomic mass is 10.1. The van der Waals surface area contributed by atoms with Crippen LogP contribution in [0.25, 0.3) is 0 Å². The van der Waals surface area contributed by atoms with Crippen molar-refractivity contribution in [1.29, 1.82) is 0 Å². The molecular weight excluding hydrogens is 286 g/mol. The van der Waals surface area contributed by atoms with Crippen molar-refractivity contribution < 1.29 is 14.7 Å². The van der Waals surface area contributed by atoms with Gasteiger partial charge in [0, 0.05) is 30.9 Å². The number of carboxylic acids is 1. The fraction of sp³-hybridized carbons (Fsp3) is 0.429. The van der Waals surface area contributed by atoms with Gasteiger partial charge in [-0.3, -0.25) is 14.2 Å². The van der Waals surface area contributed by atoms with Gasteiger partial charge in [0.25, 0.3) is 0 Å². The maximum atomic E-state index is 12.0. The number of hydrogen-bond acceptors (Lipinski definition) is 4. The molecule has 8 heteroatoms. The first kappa shape index (κ1) is 15.7. The number of carbonyl (C=O) groups excluding carboxylic acids is 1. The molecule has 0 bridgehead atoms. The summed E-state index contributed by atoms with van der Waals surface area (Å²) in [7, 11) is 1.85. The first-order valence-corrected chi connectivity index (χ1v) is 6.93. The lowest BCUT2D eigenvalue weighted by Gasteiger charge is -2.14. The molecule has 2 rings (SSSR count).